The van der Waals surface area contributed by atoms with E-state index in [1.165, 1.54) is 0 Å². The third-order valence-electron chi connectivity index (χ3n) is 3.72. The molecule has 2 atom stereocenters. The summed E-state index contributed by atoms with van der Waals surface area (Å²) in [6.45, 7) is 1.86. The second kappa shape index (κ2) is 7.64. The minimum atomic E-state index is -0.370. The molecule has 0 aromatic heterocycles. The highest BCUT2D eigenvalue weighted by atomic mass is 35.5. The fraction of sp³-hybridized carbons (Fsp3) is 0.533. The summed E-state index contributed by atoms with van der Waals surface area (Å²) >= 11 is 6.05. The van der Waals surface area contributed by atoms with Crippen LogP contribution < -0.4 is 15.4 Å². The van der Waals surface area contributed by atoms with Gasteiger partial charge in [-0.05, 0) is 24.1 Å². The summed E-state index contributed by atoms with van der Waals surface area (Å²) in [6.07, 6.45) is 0.658. The van der Waals surface area contributed by atoms with E-state index in [1.807, 2.05) is 12.1 Å². The van der Waals surface area contributed by atoms with Crippen molar-refractivity contribution in [2.45, 2.75) is 18.9 Å². The first-order valence-corrected chi connectivity index (χ1v) is 7.46. The van der Waals surface area contributed by atoms with Crippen LogP contribution in [0.25, 0.3) is 0 Å². The topological polar surface area (TPSA) is 70.6 Å². The average molecular weight is 313 g/mol. The lowest BCUT2D eigenvalue weighted by atomic mass is 10.1. The number of aliphatic hydroxyl groups is 1. The molecule has 0 bridgehead atoms. The van der Waals surface area contributed by atoms with E-state index >= 15 is 0 Å². The van der Waals surface area contributed by atoms with Gasteiger partial charge in [-0.15, -0.1) is 0 Å². The molecule has 1 saturated heterocycles. The second-order valence-corrected chi connectivity index (χ2v) is 5.67. The molecule has 2 unspecified atom stereocenters. The molecule has 21 heavy (non-hydrogen) atoms. The lowest BCUT2D eigenvalue weighted by molar-refractivity contribution is -0.121. The predicted molar refractivity (Wildman–Crippen MR) is 81.7 cm³/mol. The summed E-state index contributed by atoms with van der Waals surface area (Å²) in [5, 5.41) is 16.2. The zero-order chi connectivity index (χ0) is 15.2. The number of halogens is 1. The average Bonchev–Trinajstić information content (AvgIpc) is 2.88. The SMILES string of the molecule is COc1ccc(CCC(=O)NCC2CNCC2O)cc1Cl. The maximum absolute atomic E-state index is 11.8. The number of β-amino-alcohol motifs (C(OH)–C–C–N with tert-alkyl or cyclic N) is 1. The van der Waals surface area contributed by atoms with E-state index in [9.17, 15) is 9.90 Å². The highest BCUT2D eigenvalue weighted by molar-refractivity contribution is 6.32. The Morgan fingerprint density at radius 3 is 2.95 bits per heavy atom. The highest BCUT2D eigenvalue weighted by Gasteiger charge is 2.24. The lowest BCUT2D eigenvalue weighted by Gasteiger charge is -2.14. The molecule has 1 aliphatic rings. The molecule has 1 fully saturated rings. The monoisotopic (exact) mass is 312 g/mol. The Balaban J connectivity index is 1.74. The number of aryl methyl sites for hydroxylation is 1. The van der Waals surface area contributed by atoms with E-state index in [1.54, 1.807) is 13.2 Å². The van der Waals surface area contributed by atoms with Gasteiger partial charge in [0.05, 0.1) is 18.2 Å². The van der Waals surface area contributed by atoms with Crippen LogP contribution in [-0.2, 0) is 11.2 Å². The molecule has 1 aromatic rings. The van der Waals surface area contributed by atoms with Crippen LogP contribution in [0.4, 0.5) is 0 Å². The molecule has 3 N–H and O–H groups in total. The number of nitrogens with one attached hydrogen (secondary N) is 2. The largest absolute Gasteiger partial charge is 0.495 e. The molecule has 5 nitrogen and oxygen atoms in total. The van der Waals surface area contributed by atoms with Crippen molar-refractivity contribution in [3.8, 4) is 5.75 Å². The Hall–Kier alpha value is -1.30. The van der Waals surface area contributed by atoms with Crippen LogP contribution in [0.1, 0.15) is 12.0 Å². The van der Waals surface area contributed by atoms with Crippen molar-refractivity contribution in [1.29, 1.82) is 0 Å². The molecule has 0 spiro atoms. The van der Waals surface area contributed by atoms with Crippen LogP contribution in [0.15, 0.2) is 18.2 Å². The molecule has 1 aromatic carbocycles. The molecule has 1 aliphatic heterocycles. The molecule has 1 heterocycles. The summed E-state index contributed by atoms with van der Waals surface area (Å²) < 4.78 is 5.09. The quantitative estimate of drug-likeness (QED) is 0.732. The van der Waals surface area contributed by atoms with E-state index in [0.717, 1.165) is 12.1 Å². The number of benzene rings is 1. The highest BCUT2D eigenvalue weighted by Crippen LogP contribution is 2.25. The van der Waals surface area contributed by atoms with Gasteiger partial charge in [0.1, 0.15) is 5.75 Å². The van der Waals surface area contributed by atoms with E-state index < -0.39 is 0 Å². The van der Waals surface area contributed by atoms with Crippen LogP contribution >= 0.6 is 11.6 Å². The third kappa shape index (κ3) is 4.59. The normalized spacial score (nSPS) is 21.3. The first-order chi connectivity index (χ1) is 10.1. The standard InChI is InChI=1S/C15H21ClN2O3/c1-21-14-4-2-10(6-12(14)16)3-5-15(20)18-8-11-7-17-9-13(11)19/h2,4,6,11,13,17,19H,3,5,7-9H2,1H3,(H,18,20). The fourth-order valence-corrected chi connectivity index (χ4v) is 2.66. The van der Waals surface area contributed by atoms with Crippen LogP contribution in [0.5, 0.6) is 5.75 Å². The zero-order valence-electron chi connectivity index (χ0n) is 12.1. The van der Waals surface area contributed by atoms with E-state index in [0.29, 0.717) is 36.7 Å². The molecular formula is C15H21ClN2O3. The number of hydrogen-bond donors (Lipinski definition) is 3. The number of carbonyl (C=O) groups is 1. The number of amides is 1. The van der Waals surface area contributed by atoms with Crippen LogP contribution in [-0.4, -0.2) is 43.9 Å². The van der Waals surface area contributed by atoms with Crippen molar-refractivity contribution in [1.82, 2.24) is 10.6 Å². The molecular weight excluding hydrogens is 292 g/mol. The summed E-state index contributed by atoms with van der Waals surface area (Å²) in [6, 6.07) is 5.52. The van der Waals surface area contributed by atoms with E-state index in [-0.39, 0.29) is 17.9 Å². The lowest BCUT2D eigenvalue weighted by Crippen LogP contribution is -2.34. The van der Waals surface area contributed by atoms with Crippen molar-refractivity contribution in [3.05, 3.63) is 28.8 Å². The molecule has 2 rings (SSSR count). The maximum Gasteiger partial charge on any atom is 0.220 e. The van der Waals surface area contributed by atoms with Gasteiger partial charge in [-0.3, -0.25) is 4.79 Å². The van der Waals surface area contributed by atoms with Gasteiger partial charge in [-0.1, -0.05) is 17.7 Å². The molecule has 0 aliphatic carbocycles. The summed E-state index contributed by atoms with van der Waals surface area (Å²) in [5.41, 5.74) is 0.999. The Labute approximate surface area is 129 Å². The van der Waals surface area contributed by atoms with Gasteiger partial charge < -0.3 is 20.5 Å². The molecule has 0 saturated carbocycles. The molecule has 0 radical (unpaired) electrons. The minimum Gasteiger partial charge on any atom is -0.495 e. The summed E-state index contributed by atoms with van der Waals surface area (Å²) in [7, 11) is 1.57. The van der Waals surface area contributed by atoms with Gasteiger partial charge in [-0.2, -0.15) is 0 Å². The number of ether oxygens (including phenoxy) is 1. The predicted octanol–water partition coefficient (Wildman–Crippen LogP) is 0.978. The molecule has 1 amide bonds. The Morgan fingerprint density at radius 2 is 2.33 bits per heavy atom. The summed E-state index contributed by atoms with van der Waals surface area (Å²) in [4.78, 5) is 11.8. The van der Waals surface area contributed by atoms with E-state index in [4.69, 9.17) is 16.3 Å². The van der Waals surface area contributed by atoms with Gasteiger partial charge in [0.25, 0.3) is 0 Å². The number of hydrogen-bond acceptors (Lipinski definition) is 4. The van der Waals surface area contributed by atoms with Crippen molar-refractivity contribution >= 4 is 17.5 Å². The van der Waals surface area contributed by atoms with Crippen LogP contribution in [0, 0.1) is 5.92 Å². The van der Waals surface area contributed by atoms with Crippen molar-refractivity contribution in [2.24, 2.45) is 5.92 Å². The summed E-state index contributed by atoms with van der Waals surface area (Å²) in [5.74, 6) is 0.720. The smallest absolute Gasteiger partial charge is 0.220 e. The number of methoxy groups -OCH3 is 1. The first-order valence-electron chi connectivity index (χ1n) is 7.08. The van der Waals surface area contributed by atoms with Crippen molar-refractivity contribution in [2.75, 3.05) is 26.7 Å². The maximum atomic E-state index is 11.8. The van der Waals surface area contributed by atoms with Crippen LogP contribution in [0.2, 0.25) is 5.02 Å². The van der Waals surface area contributed by atoms with Gasteiger partial charge in [0.2, 0.25) is 5.91 Å². The van der Waals surface area contributed by atoms with Gasteiger partial charge in [0, 0.05) is 32.0 Å². The van der Waals surface area contributed by atoms with Crippen molar-refractivity contribution in [3.63, 3.8) is 0 Å². The Morgan fingerprint density at radius 1 is 1.52 bits per heavy atom. The van der Waals surface area contributed by atoms with Gasteiger partial charge in [0.15, 0.2) is 0 Å². The number of rotatable bonds is 6. The van der Waals surface area contributed by atoms with Crippen LogP contribution in [0.3, 0.4) is 0 Å². The first kappa shape index (κ1) is 16.1. The molecule has 116 valence electrons. The zero-order valence-corrected chi connectivity index (χ0v) is 12.8. The number of aliphatic hydroxyl groups excluding tert-OH is 1. The molecule has 6 heteroatoms. The van der Waals surface area contributed by atoms with Gasteiger partial charge in [-0.25, -0.2) is 0 Å². The minimum absolute atomic E-state index is 0.0129. The fourth-order valence-electron chi connectivity index (χ4n) is 2.38. The van der Waals surface area contributed by atoms with Gasteiger partial charge >= 0.3 is 0 Å². The number of carbonyl (C=O) groups excluding carboxylic acids is 1. The third-order valence-corrected chi connectivity index (χ3v) is 4.02. The Kier molecular flexibility index (Phi) is 5.85. The van der Waals surface area contributed by atoms with Crippen molar-refractivity contribution < 1.29 is 14.6 Å². The van der Waals surface area contributed by atoms with E-state index in [2.05, 4.69) is 10.6 Å². The second-order valence-electron chi connectivity index (χ2n) is 5.26. The Bertz CT molecular complexity index is 496.